The van der Waals surface area contributed by atoms with Gasteiger partial charge in [-0.05, 0) is 73.2 Å². The second kappa shape index (κ2) is 7.91. The van der Waals surface area contributed by atoms with Gasteiger partial charge in [0.1, 0.15) is 5.52 Å². The third-order valence-corrected chi connectivity index (χ3v) is 6.36. The molecule has 1 fully saturated rings. The number of fused-ring (bicyclic) bond motifs is 1. The van der Waals surface area contributed by atoms with E-state index in [2.05, 4.69) is 39.4 Å². The molecule has 0 N–H and O–H groups in total. The molecule has 7 heteroatoms. The van der Waals surface area contributed by atoms with Gasteiger partial charge in [0.15, 0.2) is 5.58 Å². The van der Waals surface area contributed by atoms with E-state index in [0.717, 1.165) is 38.8 Å². The number of aromatic nitrogens is 1. The predicted octanol–water partition coefficient (Wildman–Crippen LogP) is 5.14. The van der Waals surface area contributed by atoms with Crippen LogP contribution in [-0.4, -0.2) is 41.5 Å². The van der Waals surface area contributed by atoms with Gasteiger partial charge in [0, 0.05) is 34.3 Å². The minimum absolute atomic E-state index is 0.0896. The lowest BCUT2D eigenvalue weighted by Gasteiger charge is -2.27. The van der Waals surface area contributed by atoms with Crippen molar-refractivity contribution < 1.29 is 9.21 Å². The summed E-state index contributed by atoms with van der Waals surface area (Å²) in [7, 11) is 0. The molecule has 1 amide bonds. The SMILES string of the molecule is Cc1ccc(I)c(C(=O)N2CCN(c3nc4cc(Cl)ccc4o3)CC[C@H]2C)c1. The predicted molar refractivity (Wildman–Crippen MR) is 120 cm³/mol. The van der Waals surface area contributed by atoms with E-state index in [1.54, 1.807) is 12.1 Å². The molecule has 2 heterocycles. The summed E-state index contributed by atoms with van der Waals surface area (Å²) in [5.74, 6) is 0.0896. The van der Waals surface area contributed by atoms with E-state index in [4.69, 9.17) is 16.0 Å². The van der Waals surface area contributed by atoms with Gasteiger partial charge in [-0.25, -0.2) is 0 Å². The molecule has 146 valence electrons. The lowest BCUT2D eigenvalue weighted by Crippen LogP contribution is -2.40. The fourth-order valence-electron chi connectivity index (χ4n) is 3.53. The van der Waals surface area contributed by atoms with Crippen molar-refractivity contribution in [3.63, 3.8) is 0 Å². The van der Waals surface area contributed by atoms with Gasteiger partial charge >= 0.3 is 0 Å². The average Bonchev–Trinajstić information content (AvgIpc) is 2.98. The van der Waals surface area contributed by atoms with Crippen LogP contribution in [0.25, 0.3) is 11.1 Å². The second-order valence-corrected chi connectivity index (χ2v) is 8.81. The summed E-state index contributed by atoms with van der Waals surface area (Å²) in [5.41, 5.74) is 3.34. The number of amides is 1. The zero-order valence-electron chi connectivity index (χ0n) is 15.8. The van der Waals surface area contributed by atoms with E-state index in [0.29, 0.717) is 24.1 Å². The number of aryl methyl sites for hydroxylation is 1. The van der Waals surface area contributed by atoms with E-state index < -0.39 is 0 Å². The van der Waals surface area contributed by atoms with E-state index in [1.807, 2.05) is 36.1 Å². The van der Waals surface area contributed by atoms with Crippen LogP contribution in [0.3, 0.4) is 0 Å². The molecule has 0 spiro atoms. The molecule has 5 nitrogen and oxygen atoms in total. The van der Waals surface area contributed by atoms with Crippen molar-refractivity contribution in [3.8, 4) is 0 Å². The third kappa shape index (κ3) is 3.85. The Morgan fingerprint density at radius 3 is 2.86 bits per heavy atom. The largest absolute Gasteiger partial charge is 0.423 e. The van der Waals surface area contributed by atoms with Crippen LogP contribution in [0.4, 0.5) is 6.01 Å². The van der Waals surface area contributed by atoms with Gasteiger partial charge in [-0.2, -0.15) is 4.98 Å². The average molecular weight is 510 g/mol. The van der Waals surface area contributed by atoms with Crippen molar-refractivity contribution in [1.29, 1.82) is 0 Å². The first-order chi connectivity index (χ1) is 13.4. The number of benzene rings is 2. The molecule has 0 bridgehead atoms. The minimum Gasteiger partial charge on any atom is -0.423 e. The van der Waals surface area contributed by atoms with Gasteiger partial charge in [0.2, 0.25) is 0 Å². The standard InChI is InChI=1S/C21H21ClIN3O2/c1-13-3-5-17(23)16(11-13)20(27)26-10-9-25(8-7-14(26)2)21-24-18-12-15(22)4-6-19(18)28-21/h3-6,11-12,14H,7-10H2,1-2H3/t14-/m1/s1. The maximum atomic E-state index is 13.2. The van der Waals surface area contributed by atoms with Crippen molar-refractivity contribution in [3.05, 3.63) is 56.1 Å². The normalized spacial score (nSPS) is 17.8. The number of nitrogens with zero attached hydrogens (tertiary/aromatic N) is 3. The number of anilines is 1. The Morgan fingerprint density at radius 2 is 2.04 bits per heavy atom. The fraction of sp³-hybridized carbons (Fsp3) is 0.333. The Kier molecular flexibility index (Phi) is 5.51. The first kappa shape index (κ1) is 19.5. The van der Waals surface area contributed by atoms with Gasteiger partial charge in [-0.15, -0.1) is 0 Å². The summed E-state index contributed by atoms with van der Waals surface area (Å²) in [6, 6.07) is 12.2. The summed E-state index contributed by atoms with van der Waals surface area (Å²) in [6.07, 6.45) is 0.855. The Bertz CT molecular complexity index is 1040. The highest BCUT2D eigenvalue weighted by atomic mass is 127. The lowest BCUT2D eigenvalue weighted by atomic mass is 10.1. The second-order valence-electron chi connectivity index (χ2n) is 7.22. The van der Waals surface area contributed by atoms with Crippen molar-refractivity contribution in [2.45, 2.75) is 26.3 Å². The number of hydrogen-bond donors (Lipinski definition) is 0. The summed E-state index contributed by atoms with van der Waals surface area (Å²) >= 11 is 8.29. The van der Waals surface area contributed by atoms with Crippen LogP contribution in [0.5, 0.6) is 0 Å². The number of carbonyl (C=O) groups is 1. The van der Waals surface area contributed by atoms with Crippen LogP contribution >= 0.6 is 34.2 Å². The molecular formula is C21H21ClIN3O2. The van der Waals surface area contributed by atoms with E-state index in [1.165, 1.54) is 0 Å². The summed E-state index contributed by atoms with van der Waals surface area (Å²) < 4.78 is 6.90. The molecule has 1 aliphatic rings. The highest BCUT2D eigenvalue weighted by Gasteiger charge is 2.28. The molecule has 1 atom stereocenters. The lowest BCUT2D eigenvalue weighted by molar-refractivity contribution is 0.0704. The molecule has 0 saturated carbocycles. The number of carbonyl (C=O) groups excluding carboxylic acids is 1. The summed E-state index contributed by atoms with van der Waals surface area (Å²) in [6.45, 7) is 6.22. The smallest absolute Gasteiger partial charge is 0.298 e. The van der Waals surface area contributed by atoms with Crippen molar-refractivity contribution in [2.75, 3.05) is 24.5 Å². The topological polar surface area (TPSA) is 49.6 Å². The quantitative estimate of drug-likeness (QED) is 0.449. The van der Waals surface area contributed by atoms with Crippen molar-refractivity contribution in [1.82, 2.24) is 9.88 Å². The van der Waals surface area contributed by atoms with Gasteiger partial charge in [-0.1, -0.05) is 23.2 Å². The molecule has 1 aromatic heterocycles. The number of rotatable bonds is 2. The zero-order chi connectivity index (χ0) is 19.8. The Hall–Kier alpha value is -1.80. The highest BCUT2D eigenvalue weighted by Crippen LogP contribution is 2.27. The molecule has 2 aromatic carbocycles. The van der Waals surface area contributed by atoms with Crippen LogP contribution in [0.15, 0.2) is 40.8 Å². The van der Waals surface area contributed by atoms with Crippen molar-refractivity contribution in [2.24, 2.45) is 0 Å². The van der Waals surface area contributed by atoms with Gasteiger partial charge in [0.25, 0.3) is 11.9 Å². The number of halogens is 2. The first-order valence-electron chi connectivity index (χ1n) is 9.30. The van der Waals surface area contributed by atoms with Crippen molar-refractivity contribution >= 4 is 57.2 Å². The summed E-state index contributed by atoms with van der Waals surface area (Å²) in [5, 5.41) is 0.640. The molecule has 3 aromatic rings. The fourth-order valence-corrected chi connectivity index (χ4v) is 4.27. The molecule has 1 aliphatic heterocycles. The maximum absolute atomic E-state index is 13.2. The van der Waals surface area contributed by atoms with Crippen LogP contribution in [0.2, 0.25) is 5.02 Å². The summed E-state index contributed by atoms with van der Waals surface area (Å²) in [4.78, 5) is 21.9. The Morgan fingerprint density at radius 1 is 1.21 bits per heavy atom. The molecule has 0 aliphatic carbocycles. The monoisotopic (exact) mass is 509 g/mol. The number of hydrogen-bond acceptors (Lipinski definition) is 4. The Labute approximate surface area is 182 Å². The van der Waals surface area contributed by atoms with Gasteiger partial charge < -0.3 is 14.2 Å². The van der Waals surface area contributed by atoms with Crippen LogP contribution in [-0.2, 0) is 0 Å². The molecule has 28 heavy (non-hydrogen) atoms. The third-order valence-electron chi connectivity index (χ3n) is 5.18. The first-order valence-corrected chi connectivity index (χ1v) is 10.8. The Balaban J connectivity index is 1.55. The van der Waals surface area contributed by atoms with E-state index in [9.17, 15) is 4.79 Å². The van der Waals surface area contributed by atoms with E-state index in [-0.39, 0.29) is 11.9 Å². The van der Waals surface area contributed by atoms with Crippen LogP contribution in [0, 0.1) is 10.5 Å². The van der Waals surface area contributed by atoms with Crippen LogP contribution in [0.1, 0.15) is 29.3 Å². The van der Waals surface area contributed by atoms with Crippen LogP contribution < -0.4 is 4.90 Å². The van der Waals surface area contributed by atoms with E-state index >= 15 is 0 Å². The maximum Gasteiger partial charge on any atom is 0.298 e. The minimum atomic E-state index is 0.0896. The van der Waals surface area contributed by atoms with Gasteiger partial charge in [0.05, 0.1) is 5.56 Å². The molecule has 0 radical (unpaired) electrons. The highest BCUT2D eigenvalue weighted by molar-refractivity contribution is 14.1. The molecule has 0 unspecified atom stereocenters. The van der Waals surface area contributed by atoms with Gasteiger partial charge in [-0.3, -0.25) is 4.79 Å². The number of oxazole rings is 1. The molecule has 4 rings (SSSR count). The zero-order valence-corrected chi connectivity index (χ0v) is 18.7. The molecular weight excluding hydrogens is 489 g/mol. The molecule has 1 saturated heterocycles.